The molecule has 0 spiro atoms. The minimum Gasteiger partial charge on any atom is -0.508 e. The van der Waals surface area contributed by atoms with Gasteiger partial charge >= 0.3 is 17.9 Å². The first-order chi connectivity index (χ1) is 30.0. The van der Waals surface area contributed by atoms with Gasteiger partial charge in [0.05, 0.1) is 0 Å². The van der Waals surface area contributed by atoms with Crippen LogP contribution in [-0.2, 0) is 0 Å². The van der Waals surface area contributed by atoms with Gasteiger partial charge in [0, 0.05) is 60.0 Å². The molecular weight excluding hydrogens is 967 g/mol. The van der Waals surface area contributed by atoms with E-state index in [9.17, 15) is 44.1 Å². The number of hydrogen-bond donors (Lipinski definition) is 9. The van der Waals surface area contributed by atoms with Crippen molar-refractivity contribution in [2.75, 3.05) is 19.6 Å². The van der Waals surface area contributed by atoms with Gasteiger partial charge in [-0.3, -0.25) is 14.4 Å². The molecule has 3 amide bonds. The molecule has 0 saturated heterocycles. The van der Waals surface area contributed by atoms with E-state index in [4.69, 9.17) is 15.3 Å². The Labute approximate surface area is 398 Å². The molecule has 3 aromatic heterocycles. The van der Waals surface area contributed by atoms with Gasteiger partial charge in [0.2, 0.25) is 0 Å². The van der Waals surface area contributed by atoms with Crippen molar-refractivity contribution >= 4 is 35.6 Å². The minimum absolute atomic E-state index is 0. The Bertz CT molecular complexity index is 2340. The van der Waals surface area contributed by atoms with Crippen LogP contribution >= 0.6 is 0 Å². The van der Waals surface area contributed by atoms with Crippen molar-refractivity contribution in [3.8, 4) is 50.6 Å². The van der Waals surface area contributed by atoms with Crippen molar-refractivity contribution in [2.45, 2.75) is 20.8 Å². The molecule has 3 heterocycles. The number of aromatic nitrogens is 3. The van der Waals surface area contributed by atoms with E-state index in [1.807, 2.05) is 0 Å². The fourth-order valence-electron chi connectivity index (χ4n) is 5.48. The molecule has 19 heteroatoms. The first-order valence-corrected chi connectivity index (χ1v) is 19.0. The summed E-state index contributed by atoms with van der Waals surface area (Å²) in [5, 5.41) is 62.9. The topological polar surface area (TPSA) is 299 Å². The number of carboxylic acids is 3. The molecule has 3 aromatic carbocycles. The van der Waals surface area contributed by atoms with E-state index in [1.54, 1.807) is 57.2 Å². The van der Waals surface area contributed by atoms with E-state index < -0.39 is 35.6 Å². The first kappa shape index (κ1) is 51.0. The molecule has 6 aromatic rings. The quantitative estimate of drug-likeness (QED) is 0.0710. The molecule has 64 heavy (non-hydrogen) atoms. The van der Waals surface area contributed by atoms with Crippen LogP contribution in [0.5, 0.6) is 17.2 Å². The first-order valence-electron chi connectivity index (χ1n) is 19.0. The van der Waals surface area contributed by atoms with Crippen molar-refractivity contribution < 1.29 is 99.8 Å². The number of hydrogen-bond acceptors (Lipinski definition) is 12. The van der Waals surface area contributed by atoms with E-state index in [2.05, 4.69) is 30.9 Å². The monoisotopic (exact) mass is 1010 g/mol. The maximum atomic E-state index is 11.9. The van der Waals surface area contributed by atoms with E-state index in [-0.39, 0.29) is 91.8 Å². The van der Waals surface area contributed by atoms with Crippen LogP contribution in [0.15, 0.2) is 109 Å². The van der Waals surface area contributed by atoms with Crippen molar-refractivity contribution in [1.82, 2.24) is 30.9 Å². The molecular formula is C45H42N6O12Sm. The molecule has 0 saturated carbocycles. The number of benzene rings is 3. The normalized spacial score (nSPS) is 9.98. The SMILES string of the molecule is CCNC(=O)c1cc(-c2ccc(O)cc2)cc(C(=O)O)n1.CCNC(=O)c1cc(-c2ccc(O)cc2)cc(C(=O)O)n1.CCNC(=O)c1cc(-c2ccc(O)cc2)cc(C(=O)O)n1.[Sm]. The summed E-state index contributed by atoms with van der Waals surface area (Å²) in [6.45, 7) is 6.56. The van der Waals surface area contributed by atoms with Crippen LogP contribution in [0.3, 0.4) is 0 Å². The molecule has 0 fully saturated rings. The van der Waals surface area contributed by atoms with Crippen molar-refractivity contribution in [2.24, 2.45) is 0 Å². The summed E-state index contributed by atoms with van der Waals surface area (Å²) < 4.78 is 0. The minimum atomic E-state index is -1.21. The number of rotatable bonds is 12. The second kappa shape index (κ2) is 24.3. The van der Waals surface area contributed by atoms with Crippen molar-refractivity contribution in [3.05, 3.63) is 143 Å². The number of nitrogens with zero attached hydrogens (tertiary/aromatic N) is 3. The molecule has 18 nitrogen and oxygen atoms in total. The molecule has 0 unspecified atom stereocenters. The Balaban J connectivity index is 0.000000253. The number of carbonyl (C=O) groups is 6. The van der Waals surface area contributed by atoms with E-state index >= 15 is 0 Å². The molecule has 330 valence electrons. The van der Waals surface area contributed by atoms with Gasteiger partial charge in [0.1, 0.15) is 51.4 Å². The Kier molecular flexibility index (Phi) is 19.4. The van der Waals surface area contributed by atoms with Gasteiger partial charge in [-0.15, -0.1) is 0 Å². The second-order valence-corrected chi connectivity index (χ2v) is 13.0. The number of aromatic carboxylic acids is 3. The third-order valence-corrected chi connectivity index (χ3v) is 8.45. The maximum absolute atomic E-state index is 11.9. The van der Waals surface area contributed by atoms with E-state index in [1.165, 1.54) is 72.8 Å². The van der Waals surface area contributed by atoms with E-state index in [0.29, 0.717) is 53.0 Å². The number of carboxylic acid groups (broad SMARTS) is 3. The summed E-state index contributed by atoms with van der Waals surface area (Å²) in [5.74, 6) is -4.59. The molecule has 0 radical (unpaired) electrons. The average molecular weight is 1010 g/mol. The van der Waals surface area contributed by atoms with Crippen LogP contribution in [0.1, 0.15) is 83.7 Å². The molecule has 6 rings (SSSR count). The van der Waals surface area contributed by atoms with Crippen molar-refractivity contribution in [1.29, 1.82) is 0 Å². The fraction of sp³-hybridized carbons (Fsp3) is 0.133. The van der Waals surface area contributed by atoms with Gasteiger partial charge in [-0.1, -0.05) is 36.4 Å². The van der Waals surface area contributed by atoms with Gasteiger partial charge in [0.15, 0.2) is 0 Å². The fourth-order valence-corrected chi connectivity index (χ4v) is 5.48. The molecule has 0 aliphatic carbocycles. The zero-order valence-corrected chi connectivity index (χ0v) is 37.0. The smallest absolute Gasteiger partial charge is 0.354 e. The van der Waals surface area contributed by atoms with Gasteiger partial charge in [0.25, 0.3) is 17.7 Å². The summed E-state index contributed by atoms with van der Waals surface area (Å²) in [6, 6.07) is 27.5. The summed E-state index contributed by atoms with van der Waals surface area (Å²) in [7, 11) is 0. The Hall–Kier alpha value is -7.33. The Morgan fingerprint density at radius 2 is 0.578 bits per heavy atom. The number of pyridine rings is 3. The summed E-state index contributed by atoms with van der Waals surface area (Å²) in [4.78, 5) is 80.5. The summed E-state index contributed by atoms with van der Waals surface area (Å²) in [6.07, 6.45) is 0. The second-order valence-electron chi connectivity index (χ2n) is 13.0. The average Bonchev–Trinajstić information content (AvgIpc) is 3.27. The number of nitrogens with one attached hydrogen (secondary N) is 3. The van der Waals surface area contributed by atoms with Crippen LogP contribution in [0.4, 0.5) is 0 Å². The number of phenols is 3. The van der Waals surface area contributed by atoms with Crippen LogP contribution in [0, 0.1) is 40.4 Å². The van der Waals surface area contributed by atoms with Crippen LogP contribution < -0.4 is 16.0 Å². The Morgan fingerprint density at radius 3 is 0.766 bits per heavy atom. The van der Waals surface area contributed by atoms with Gasteiger partial charge in [-0.2, -0.15) is 0 Å². The van der Waals surface area contributed by atoms with Gasteiger partial charge in [-0.05, 0) is 127 Å². The van der Waals surface area contributed by atoms with Gasteiger partial charge < -0.3 is 46.6 Å². The third-order valence-electron chi connectivity index (χ3n) is 8.45. The zero-order valence-electron chi connectivity index (χ0n) is 34.4. The number of carbonyl (C=O) groups excluding carboxylic acids is 3. The molecule has 0 aliphatic heterocycles. The standard InChI is InChI=1S/3C15H14N2O4.Sm/c3*1-2-16-14(19)12-7-10(8-13(17-12)15(20)21)9-3-5-11(18)6-4-9;/h3*3-8,18H,2H2,1H3,(H,16,19)(H,20,21);. The predicted octanol–water partition coefficient (Wildman–Crippen LogP) is 5.71. The van der Waals surface area contributed by atoms with Crippen molar-refractivity contribution in [3.63, 3.8) is 0 Å². The summed E-state index contributed by atoms with van der Waals surface area (Å²) in [5.41, 5.74) is 3.19. The molecule has 0 atom stereocenters. The van der Waals surface area contributed by atoms with E-state index in [0.717, 1.165) is 0 Å². The third kappa shape index (κ3) is 14.7. The molecule has 9 N–H and O–H groups in total. The largest absolute Gasteiger partial charge is 0.508 e. The number of amides is 3. The number of aromatic hydroxyl groups is 3. The molecule has 0 bridgehead atoms. The van der Waals surface area contributed by atoms with Crippen LogP contribution in [0.25, 0.3) is 33.4 Å². The van der Waals surface area contributed by atoms with Crippen LogP contribution in [-0.4, -0.2) is 101 Å². The summed E-state index contributed by atoms with van der Waals surface area (Å²) >= 11 is 0. The molecule has 0 aliphatic rings. The predicted molar refractivity (Wildman–Crippen MR) is 229 cm³/mol. The van der Waals surface area contributed by atoms with Crippen LogP contribution in [0.2, 0.25) is 0 Å². The zero-order chi connectivity index (χ0) is 46.2. The maximum Gasteiger partial charge on any atom is 0.354 e. The number of phenolic OH excluding ortho intramolecular Hbond substituents is 3. The van der Waals surface area contributed by atoms with Gasteiger partial charge in [-0.25, -0.2) is 29.3 Å². The Morgan fingerprint density at radius 1 is 0.375 bits per heavy atom.